The molecule has 0 saturated carbocycles. The first-order valence-corrected chi connectivity index (χ1v) is 7.10. The fourth-order valence-electron chi connectivity index (χ4n) is 1.78. The highest BCUT2D eigenvalue weighted by atomic mass is 35.5. The largest absolute Gasteiger partial charge is 0.503 e. The van der Waals surface area contributed by atoms with Crippen LogP contribution in [0.3, 0.4) is 0 Å². The average molecular weight is 321 g/mol. The van der Waals surface area contributed by atoms with Crippen LogP contribution in [0.2, 0.25) is 5.02 Å². The molecule has 0 spiro atoms. The molecule has 0 unspecified atom stereocenters. The minimum absolute atomic E-state index is 0.0659. The molecule has 2 rings (SSSR count). The summed E-state index contributed by atoms with van der Waals surface area (Å²) >= 11 is 5.96. The zero-order chi connectivity index (χ0) is 15.9. The molecule has 0 aliphatic heterocycles. The van der Waals surface area contributed by atoms with E-state index in [1.54, 1.807) is 25.5 Å². The van der Waals surface area contributed by atoms with E-state index in [2.05, 4.69) is 10.5 Å². The number of hydrogen-bond donors (Lipinski definition) is 2. The van der Waals surface area contributed by atoms with E-state index in [-0.39, 0.29) is 10.8 Å². The standard InChI is InChI=1S/C16H17ClN2O3/c1-3-22-15-9-11(8-14(17)16(15)20)10-18-19-12-4-6-13(21-2)7-5-12/h4-10,19-20H,3H2,1-2H3/b18-10+. The number of phenolic OH excluding ortho intramolecular Hbond substituents is 1. The number of phenols is 1. The second-order valence-electron chi connectivity index (χ2n) is 4.38. The number of nitrogens with zero attached hydrogens (tertiary/aromatic N) is 1. The predicted molar refractivity (Wildman–Crippen MR) is 88.5 cm³/mol. The van der Waals surface area contributed by atoms with E-state index >= 15 is 0 Å². The van der Waals surface area contributed by atoms with Crippen molar-refractivity contribution >= 4 is 23.5 Å². The molecule has 0 bridgehead atoms. The van der Waals surface area contributed by atoms with Crippen LogP contribution in [0.5, 0.6) is 17.2 Å². The first-order chi connectivity index (χ1) is 10.6. The Morgan fingerprint density at radius 3 is 2.64 bits per heavy atom. The fraction of sp³-hybridized carbons (Fsp3) is 0.188. The molecule has 5 nitrogen and oxygen atoms in total. The SMILES string of the molecule is CCOc1cc(/C=N/Nc2ccc(OC)cc2)cc(Cl)c1O. The van der Waals surface area contributed by atoms with Gasteiger partial charge in [-0.1, -0.05) is 11.6 Å². The monoisotopic (exact) mass is 320 g/mol. The summed E-state index contributed by atoms with van der Waals surface area (Å²) in [6, 6.07) is 10.7. The van der Waals surface area contributed by atoms with E-state index in [4.69, 9.17) is 21.1 Å². The number of benzene rings is 2. The topological polar surface area (TPSA) is 63.1 Å². The highest BCUT2D eigenvalue weighted by molar-refractivity contribution is 6.32. The summed E-state index contributed by atoms with van der Waals surface area (Å²) in [7, 11) is 1.62. The van der Waals surface area contributed by atoms with Gasteiger partial charge in [0.1, 0.15) is 5.75 Å². The van der Waals surface area contributed by atoms with Crippen LogP contribution in [0.15, 0.2) is 41.5 Å². The summed E-state index contributed by atoms with van der Waals surface area (Å²) < 4.78 is 10.4. The lowest BCUT2D eigenvalue weighted by Gasteiger charge is -2.08. The highest BCUT2D eigenvalue weighted by Gasteiger charge is 2.08. The van der Waals surface area contributed by atoms with Gasteiger partial charge < -0.3 is 14.6 Å². The first-order valence-electron chi connectivity index (χ1n) is 6.72. The van der Waals surface area contributed by atoms with Crippen molar-refractivity contribution in [2.75, 3.05) is 19.1 Å². The van der Waals surface area contributed by atoms with Crippen LogP contribution in [0.25, 0.3) is 0 Å². The molecule has 22 heavy (non-hydrogen) atoms. The van der Waals surface area contributed by atoms with Gasteiger partial charge >= 0.3 is 0 Å². The highest BCUT2D eigenvalue weighted by Crippen LogP contribution is 2.34. The normalized spacial score (nSPS) is 10.7. The van der Waals surface area contributed by atoms with Crippen molar-refractivity contribution in [3.63, 3.8) is 0 Å². The van der Waals surface area contributed by atoms with E-state index in [0.717, 1.165) is 11.4 Å². The van der Waals surface area contributed by atoms with Crippen molar-refractivity contribution in [2.24, 2.45) is 5.10 Å². The molecule has 2 N–H and O–H groups in total. The number of methoxy groups -OCH3 is 1. The van der Waals surface area contributed by atoms with Gasteiger partial charge in [-0.25, -0.2) is 0 Å². The van der Waals surface area contributed by atoms with Crippen molar-refractivity contribution in [2.45, 2.75) is 6.92 Å². The molecule has 0 aromatic heterocycles. The first kappa shape index (κ1) is 16.0. The van der Waals surface area contributed by atoms with Crippen molar-refractivity contribution in [3.05, 3.63) is 47.0 Å². The molecule has 0 fully saturated rings. The Morgan fingerprint density at radius 1 is 1.27 bits per heavy atom. The van der Waals surface area contributed by atoms with E-state index in [1.165, 1.54) is 0 Å². The van der Waals surface area contributed by atoms with Gasteiger partial charge in [0.25, 0.3) is 0 Å². The van der Waals surface area contributed by atoms with E-state index in [0.29, 0.717) is 17.9 Å². The third-order valence-corrected chi connectivity index (χ3v) is 3.14. The Bertz CT molecular complexity index is 657. The zero-order valence-corrected chi connectivity index (χ0v) is 13.1. The lowest BCUT2D eigenvalue weighted by molar-refractivity contribution is 0.318. The molecule has 0 heterocycles. The molecule has 0 amide bonds. The number of halogens is 1. The van der Waals surface area contributed by atoms with Gasteiger partial charge in [-0.3, -0.25) is 5.43 Å². The molecular formula is C16H17ClN2O3. The fourth-order valence-corrected chi connectivity index (χ4v) is 2.00. The number of ether oxygens (including phenoxy) is 2. The Morgan fingerprint density at radius 2 is 2.00 bits per heavy atom. The molecule has 0 radical (unpaired) electrons. The van der Waals surface area contributed by atoms with Crippen molar-refractivity contribution in [1.82, 2.24) is 0 Å². The molecule has 0 aliphatic rings. The van der Waals surface area contributed by atoms with Crippen LogP contribution in [-0.2, 0) is 0 Å². The van der Waals surface area contributed by atoms with Gasteiger partial charge in [-0.15, -0.1) is 0 Å². The molecule has 116 valence electrons. The Labute approximate surface area is 134 Å². The maximum absolute atomic E-state index is 9.78. The van der Waals surface area contributed by atoms with Crippen LogP contribution in [-0.4, -0.2) is 25.0 Å². The maximum Gasteiger partial charge on any atom is 0.176 e. The molecule has 0 atom stereocenters. The zero-order valence-electron chi connectivity index (χ0n) is 12.3. The summed E-state index contributed by atoms with van der Waals surface area (Å²) in [5.74, 6) is 1.05. The van der Waals surface area contributed by atoms with E-state index in [1.807, 2.05) is 31.2 Å². The summed E-state index contributed by atoms with van der Waals surface area (Å²) in [6.45, 7) is 2.27. The number of rotatable bonds is 6. The Hall–Kier alpha value is -2.40. The summed E-state index contributed by atoms with van der Waals surface area (Å²) in [5, 5.41) is 14.1. The molecule has 2 aromatic rings. The molecule has 6 heteroatoms. The van der Waals surface area contributed by atoms with Crippen molar-refractivity contribution in [1.29, 1.82) is 0 Å². The predicted octanol–water partition coefficient (Wildman–Crippen LogP) is 3.90. The summed E-state index contributed by atoms with van der Waals surface area (Å²) in [6.07, 6.45) is 1.60. The minimum atomic E-state index is -0.0659. The Balaban J connectivity index is 2.08. The number of nitrogens with one attached hydrogen (secondary N) is 1. The summed E-state index contributed by atoms with van der Waals surface area (Å²) in [4.78, 5) is 0. The number of hydrogen-bond acceptors (Lipinski definition) is 5. The van der Waals surface area contributed by atoms with Crippen LogP contribution in [0.1, 0.15) is 12.5 Å². The van der Waals surface area contributed by atoms with Gasteiger partial charge in [-0.2, -0.15) is 5.10 Å². The van der Waals surface area contributed by atoms with Gasteiger partial charge in [0, 0.05) is 0 Å². The molecule has 2 aromatic carbocycles. The van der Waals surface area contributed by atoms with Gasteiger partial charge in [0.15, 0.2) is 11.5 Å². The Kier molecular flexibility index (Phi) is 5.49. The van der Waals surface area contributed by atoms with Crippen LogP contribution < -0.4 is 14.9 Å². The lowest BCUT2D eigenvalue weighted by atomic mass is 10.2. The lowest BCUT2D eigenvalue weighted by Crippen LogP contribution is -1.95. The number of anilines is 1. The third kappa shape index (κ3) is 4.05. The van der Waals surface area contributed by atoms with Gasteiger partial charge in [-0.05, 0) is 48.9 Å². The second kappa shape index (κ2) is 7.56. The smallest absolute Gasteiger partial charge is 0.176 e. The molecule has 0 aliphatic carbocycles. The van der Waals surface area contributed by atoms with Gasteiger partial charge in [0.05, 0.1) is 30.6 Å². The second-order valence-corrected chi connectivity index (χ2v) is 4.79. The summed E-state index contributed by atoms with van der Waals surface area (Å²) in [5.41, 5.74) is 4.44. The van der Waals surface area contributed by atoms with Gasteiger partial charge in [0.2, 0.25) is 0 Å². The van der Waals surface area contributed by atoms with E-state index < -0.39 is 0 Å². The number of hydrazone groups is 1. The quantitative estimate of drug-likeness (QED) is 0.626. The number of aromatic hydroxyl groups is 1. The van der Waals surface area contributed by atoms with Crippen LogP contribution in [0.4, 0.5) is 5.69 Å². The van der Waals surface area contributed by atoms with Crippen LogP contribution >= 0.6 is 11.6 Å². The molecule has 0 saturated heterocycles. The van der Waals surface area contributed by atoms with Crippen molar-refractivity contribution in [3.8, 4) is 17.2 Å². The maximum atomic E-state index is 9.78. The van der Waals surface area contributed by atoms with Crippen molar-refractivity contribution < 1.29 is 14.6 Å². The average Bonchev–Trinajstić information content (AvgIpc) is 2.53. The third-order valence-electron chi connectivity index (χ3n) is 2.85. The van der Waals surface area contributed by atoms with Crippen LogP contribution in [0, 0.1) is 0 Å². The van der Waals surface area contributed by atoms with E-state index in [9.17, 15) is 5.11 Å². The minimum Gasteiger partial charge on any atom is -0.503 e. The molecular weight excluding hydrogens is 304 g/mol.